The molecule has 0 aromatic heterocycles. The number of benzene rings is 2. The number of ether oxygens (including phenoxy) is 4. The van der Waals surface area contributed by atoms with Gasteiger partial charge in [0.15, 0.2) is 12.2 Å². The smallest absolute Gasteiger partial charge is 0.338 e. The highest BCUT2D eigenvalue weighted by Gasteiger charge is 2.51. The van der Waals surface area contributed by atoms with E-state index < -0.39 is 36.4 Å². The van der Waals surface area contributed by atoms with Crippen molar-refractivity contribution >= 4 is 11.9 Å². The number of fused-ring (bicyclic) bond motifs is 1. The first-order chi connectivity index (χ1) is 12.7. The monoisotopic (exact) mass is 354 g/mol. The van der Waals surface area contributed by atoms with Crippen LogP contribution in [0.3, 0.4) is 0 Å². The van der Waals surface area contributed by atoms with E-state index in [-0.39, 0.29) is 13.2 Å². The lowest BCUT2D eigenvalue weighted by Crippen LogP contribution is -2.36. The Labute approximate surface area is 150 Å². The summed E-state index contributed by atoms with van der Waals surface area (Å²) in [4.78, 5) is 24.4. The first-order valence-corrected chi connectivity index (χ1v) is 8.47. The predicted molar refractivity (Wildman–Crippen MR) is 90.8 cm³/mol. The first kappa shape index (κ1) is 16.8. The van der Waals surface area contributed by atoms with Gasteiger partial charge in [-0.1, -0.05) is 36.4 Å². The van der Waals surface area contributed by atoms with Crippen molar-refractivity contribution in [3.05, 3.63) is 71.8 Å². The lowest BCUT2D eigenvalue weighted by molar-refractivity contribution is -0.0287. The Kier molecular flexibility index (Phi) is 4.69. The number of hydrogen-bond acceptors (Lipinski definition) is 6. The normalized spacial score (nSPS) is 26.9. The Hall–Kier alpha value is -2.70. The molecule has 26 heavy (non-hydrogen) atoms. The summed E-state index contributed by atoms with van der Waals surface area (Å²) in [6.45, 7) is 0.431. The van der Waals surface area contributed by atoms with E-state index in [0.717, 1.165) is 0 Å². The molecule has 4 atom stereocenters. The first-order valence-electron chi connectivity index (χ1n) is 8.47. The van der Waals surface area contributed by atoms with Crippen LogP contribution in [0.4, 0.5) is 0 Å². The molecule has 2 aliphatic rings. The number of hydrogen-bond donors (Lipinski definition) is 0. The van der Waals surface area contributed by atoms with Gasteiger partial charge >= 0.3 is 11.9 Å². The average Bonchev–Trinajstić information content (AvgIpc) is 3.27. The van der Waals surface area contributed by atoms with Crippen LogP contribution >= 0.6 is 0 Å². The molecule has 2 fully saturated rings. The summed E-state index contributed by atoms with van der Waals surface area (Å²) in [7, 11) is 0. The molecule has 0 saturated carbocycles. The van der Waals surface area contributed by atoms with Crippen LogP contribution in [0, 0.1) is 0 Å². The van der Waals surface area contributed by atoms with E-state index in [2.05, 4.69) is 0 Å². The number of carbonyl (C=O) groups is 2. The van der Waals surface area contributed by atoms with Crippen molar-refractivity contribution in [3.8, 4) is 0 Å². The van der Waals surface area contributed by atoms with E-state index in [1.54, 1.807) is 48.5 Å². The van der Waals surface area contributed by atoms with Gasteiger partial charge in [0, 0.05) is 0 Å². The zero-order chi connectivity index (χ0) is 17.9. The quantitative estimate of drug-likeness (QED) is 0.784. The third-order valence-corrected chi connectivity index (χ3v) is 4.50. The molecule has 2 aromatic rings. The van der Waals surface area contributed by atoms with Gasteiger partial charge in [0.1, 0.15) is 12.2 Å². The molecule has 0 N–H and O–H groups in total. The molecule has 0 spiro atoms. The zero-order valence-electron chi connectivity index (χ0n) is 13.9. The van der Waals surface area contributed by atoms with Crippen molar-refractivity contribution < 1.29 is 28.5 Å². The lowest BCUT2D eigenvalue weighted by atomic mass is 10.1. The molecule has 0 amide bonds. The second kappa shape index (κ2) is 7.27. The number of carbonyl (C=O) groups excluding carboxylic acids is 2. The number of rotatable bonds is 4. The highest BCUT2D eigenvalue weighted by Crippen LogP contribution is 2.31. The molecule has 6 nitrogen and oxygen atoms in total. The highest BCUT2D eigenvalue weighted by atomic mass is 16.7. The van der Waals surface area contributed by atoms with Crippen LogP contribution in [0.2, 0.25) is 0 Å². The Morgan fingerprint density at radius 3 is 1.46 bits per heavy atom. The van der Waals surface area contributed by atoms with Crippen molar-refractivity contribution in [3.63, 3.8) is 0 Å². The lowest BCUT2D eigenvalue weighted by Gasteiger charge is -2.17. The van der Waals surface area contributed by atoms with Crippen LogP contribution in [0.15, 0.2) is 60.7 Å². The summed E-state index contributed by atoms with van der Waals surface area (Å²) in [5.74, 6) is -0.846. The standard InChI is InChI=1S/C20H18O6/c21-19(13-7-3-1-4-8-13)25-15-11-23-18-16(12-24-17(15)18)26-20(22)14-9-5-2-6-10-14/h1-10,15-18H,11-12H2/t15-,16?,17-,18-/m1/s1. The van der Waals surface area contributed by atoms with E-state index in [0.29, 0.717) is 11.1 Å². The van der Waals surface area contributed by atoms with Crippen molar-refractivity contribution in [1.82, 2.24) is 0 Å². The summed E-state index contributed by atoms with van der Waals surface area (Å²) >= 11 is 0. The third-order valence-electron chi connectivity index (χ3n) is 4.50. The fourth-order valence-corrected chi connectivity index (χ4v) is 3.19. The molecular weight excluding hydrogens is 336 g/mol. The van der Waals surface area contributed by atoms with Gasteiger partial charge in [0.2, 0.25) is 0 Å². The van der Waals surface area contributed by atoms with Gasteiger partial charge in [-0.25, -0.2) is 9.59 Å². The van der Waals surface area contributed by atoms with Crippen LogP contribution in [0.1, 0.15) is 20.7 Å². The molecule has 134 valence electrons. The Balaban J connectivity index is 1.37. The maximum absolute atomic E-state index is 12.2. The van der Waals surface area contributed by atoms with E-state index in [9.17, 15) is 9.59 Å². The second-order valence-electron chi connectivity index (χ2n) is 6.22. The van der Waals surface area contributed by atoms with Gasteiger partial charge in [-0.3, -0.25) is 0 Å². The third kappa shape index (κ3) is 3.34. The van der Waals surface area contributed by atoms with Crippen LogP contribution in [0.25, 0.3) is 0 Å². The molecule has 0 radical (unpaired) electrons. The molecular formula is C20H18O6. The van der Waals surface area contributed by atoms with Crippen LogP contribution in [0.5, 0.6) is 0 Å². The topological polar surface area (TPSA) is 71.1 Å². The van der Waals surface area contributed by atoms with Gasteiger partial charge in [-0.15, -0.1) is 0 Å². The molecule has 4 rings (SSSR count). The van der Waals surface area contributed by atoms with E-state index >= 15 is 0 Å². The second-order valence-corrected chi connectivity index (χ2v) is 6.22. The fourth-order valence-electron chi connectivity index (χ4n) is 3.19. The van der Waals surface area contributed by atoms with Crippen molar-refractivity contribution in [2.45, 2.75) is 24.4 Å². The van der Waals surface area contributed by atoms with Gasteiger partial charge < -0.3 is 18.9 Å². The minimum Gasteiger partial charge on any atom is -0.453 e. The van der Waals surface area contributed by atoms with Crippen molar-refractivity contribution in [1.29, 1.82) is 0 Å². The summed E-state index contributed by atoms with van der Waals surface area (Å²) in [5.41, 5.74) is 0.946. The van der Waals surface area contributed by atoms with Crippen molar-refractivity contribution in [2.75, 3.05) is 13.2 Å². The zero-order valence-corrected chi connectivity index (χ0v) is 13.9. The van der Waals surface area contributed by atoms with E-state index in [1.165, 1.54) is 0 Å². The van der Waals surface area contributed by atoms with Gasteiger partial charge in [-0.2, -0.15) is 0 Å². The SMILES string of the molecule is O=C(OC1CO[C@H]2[C@@H]1OC[C@H]2OC(=O)c1ccccc1)c1ccccc1. The maximum Gasteiger partial charge on any atom is 0.338 e. The Bertz CT molecular complexity index is 708. The van der Waals surface area contributed by atoms with Crippen LogP contribution in [-0.2, 0) is 18.9 Å². The highest BCUT2D eigenvalue weighted by molar-refractivity contribution is 5.90. The molecule has 2 saturated heterocycles. The van der Waals surface area contributed by atoms with Gasteiger partial charge in [0.25, 0.3) is 0 Å². The predicted octanol–water partition coefficient (Wildman–Crippen LogP) is 2.24. The molecule has 2 aliphatic heterocycles. The van der Waals surface area contributed by atoms with Crippen molar-refractivity contribution in [2.24, 2.45) is 0 Å². The largest absolute Gasteiger partial charge is 0.453 e. The molecule has 6 heteroatoms. The summed E-state index contributed by atoms with van der Waals surface area (Å²) in [5, 5.41) is 0. The fraction of sp³-hybridized carbons (Fsp3) is 0.300. The van der Waals surface area contributed by atoms with E-state index in [1.807, 2.05) is 12.1 Å². The van der Waals surface area contributed by atoms with E-state index in [4.69, 9.17) is 18.9 Å². The summed E-state index contributed by atoms with van der Waals surface area (Å²) in [6.07, 6.45) is -1.91. The minimum absolute atomic E-state index is 0.216. The molecule has 1 unspecified atom stereocenters. The molecule has 2 aromatic carbocycles. The maximum atomic E-state index is 12.2. The van der Waals surface area contributed by atoms with Crippen LogP contribution < -0.4 is 0 Å². The summed E-state index contributed by atoms with van der Waals surface area (Å²) < 4.78 is 22.4. The minimum atomic E-state index is -0.520. The van der Waals surface area contributed by atoms with Gasteiger partial charge in [0.05, 0.1) is 24.3 Å². The number of esters is 2. The average molecular weight is 354 g/mol. The molecule has 2 heterocycles. The molecule has 0 aliphatic carbocycles. The van der Waals surface area contributed by atoms with Crippen LogP contribution in [-0.4, -0.2) is 49.6 Å². The molecule has 0 bridgehead atoms. The van der Waals surface area contributed by atoms with Gasteiger partial charge in [-0.05, 0) is 24.3 Å². The Morgan fingerprint density at radius 1 is 0.692 bits per heavy atom. The Morgan fingerprint density at radius 2 is 1.08 bits per heavy atom. The summed E-state index contributed by atoms with van der Waals surface area (Å²) in [6, 6.07) is 17.5.